The second-order valence-electron chi connectivity index (χ2n) is 5.66. The third-order valence-electron chi connectivity index (χ3n) is 3.73. The van der Waals surface area contributed by atoms with Crippen LogP contribution in [0.1, 0.15) is 39.5 Å². The minimum absolute atomic E-state index is 0.126. The van der Waals surface area contributed by atoms with Crippen molar-refractivity contribution >= 4 is 17.4 Å². The molecular formula is C17H29N3O. The van der Waals surface area contributed by atoms with Gasteiger partial charge in [-0.1, -0.05) is 45.2 Å². The SMILES string of the molecule is CCCCC(CC)CNC(=O)Nc1ccccc1N(C)C. The Morgan fingerprint density at radius 2 is 1.95 bits per heavy atom. The Kier molecular flexibility index (Phi) is 7.65. The van der Waals surface area contributed by atoms with Crippen molar-refractivity contribution in [3.63, 3.8) is 0 Å². The average Bonchev–Trinajstić information content (AvgIpc) is 2.47. The first kappa shape index (κ1) is 17.3. The molecule has 21 heavy (non-hydrogen) atoms. The van der Waals surface area contributed by atoms with Crippen molar-refractivity contribution in [1.29, 1.82) is 0 Å². The summed E-state index contributed by atoms with van der Waals surface area (Å²) in [6.45, 7) is 5.12. The first-order chi connectivity index (χ1) is 10.1. The number of urea groups is 1. The highest BCUT2D eigenvalue weighted by Gasteiger charge is 2.10. The summed E-state index contributed by atoms with van der Waals surface area (Å²) in [5, 5.41) is 5.92. The highest BCUT2D eigenvalue weighted by molar-refractivity contribution is 5.93. The van der Waals surface area contributed by atoms with Gasteiger partial charge in [-0.15, -0.1) is 0 Å². The molecule has 0 aliphatic heterocycles. The van der Waals surface area contributed by atoms with Crippen molar-refractivity contribution in [3.8, 4) is 0 Å². The number of nitrogens with zero attached hydrogens (tertiary/aromatic N) is 1. The van der Waals surface area contributed by atoms with E-state index in [0.717, 1.165) is 24.3 Å². The fourth-order valence-electron chi connectivity index (χ4n) is 2.32. The van der Waals surface area contributed by atoms with Crippen LogP contribution in [0.5, 0.6) is 0 Å². The molecule has 0 aliphatic carbocycles. The molecule has 0 fully saturated rings. The topological polar surface area (TPSA) is 44.4 Å². The molecule has 1 atom stereocenters. The van der Waals surface area contributed by atoms with Crippen LogP contribution in [-0.4, -0.2) is 26.7 Å². The zero-order valence-corrected chi connectivity index (χ0v) is 13.8. The number of benzene rings is 1. The molecule has 4 heteroatoms. The minimum Gasteiger partial charge on any atom is -0.376 e. The number of anilines is 2. The van der Waals surface area contributed by atoms with Gasteiger partial charge in [0, 0.05) is 20.6 Å². The third-order valence-corrected chi connectivity index (χ3v) is 3.73. The number of hydrogen-bond acceptors (Lipinski definition) is 2. The van der Waals surface area contributed by atoms with E-state index in [4.69, 9.17) is 0 Å². The number of hydrogen-bond donors (Lipinski definition) is 2. The summed E-state index contributed by atoms with van der Waals surface area (Å²) in [7, 11) is 3.94. The van der Waals surface area contributed by atoms with Crippen LogP contribution in [0.2, 0.25) is 0 Å². The fourth-order valence-corrected chi connectivity index (χ4v) is 2.32. The van der Waals surface area contributed by atoms with Gasteiger partial charge in [0.05, 0.1) is 11.4 Å². The molecule has 0 aliphatic rings. The molecule has 2 amide bonds. The molecule has 1 aromatic rings. The number of rotatable bonds is 8. The summed E-state index contributed by atoms with van der Waals surface area (Å²) >= 11 is 0. The first-order valence-electron chi connectivity index (χ1n) is 7.89. The smallest absolute Gasteiger partial charge is 0.319 e. The molecule has 4 nitrogen and oxygen atoms in total. The van der Waals surface area contributed by atoms with Crippen molar-refractivity contribution in [3.05, 3.63) is 24.3 Å². The predicted octanol–water partition coefficient (Wildman–Crippen LogP) is 4.09. The summed E-state index contributed by atoms with van der Waals surface area (Å²) in [6.07, 6.45) is 4.72. The maximum Gasteiger partial charge on any atom is 0.319 e. The zero-order valence-electron chi connectivity index (χ0n) is 13.8. The minimum atomic E-state index is -0.126. The predicted molar refractivity (Wildman–Crippen MR) is 91.1 cm³/mol. The van der Waals surface area contributed by atoms with E-state index in [1.54, 1.807) is 0 Å². The van der Waals surface area contributed by atoms with Crippen LogP contribution in [0, 0.1) is 5.92 Å². The van der Waals surface area contributed by atoms with Crippen LogP contribution in [0.25, 0.3) is 0 Å². The van der Waals surface area contributed by atoms with Gasteiger partial charge < -0.3 is 15.5 Å². The summed E-state index contributed by atoms with van der Waals surface area (Å²) < 4.78 is 0. The largest absolute Gasteiger partial charge is 0.376 e. The van der Waals surface area contributed by atoms with Crippen molar-refractivity contribution in [1.82, 2.24) is 5.32 Å². The number of nitrogens with one attached hydrogen (secondary N) is 2. The van der Waals surface area contributed by atoms with Gasteiger partial charge in [-0.05, 0) is 24.5 Å². The number of carbonyl (C=O) groups excluding carboxylic acids is 1. The van der Waals surface area contributed by atoms with Crippen LogP contribution in [0.3, 0.4) is 0 Å². The normalized spacial score (nSPS) is 11.8. The molecule has 118 valence electrons. The van der Waals surface area contributed by atoms with Gasteiger partial charge in [-0.2, -0.15) is 0 Å². The van der Waals surface area contributed by atoms with Crippen LogP contribution < -0.4 is 15.5 Å². The summed E-state index contributed by atoms with van der Waals surface area (Å²) in [4.78, 5) is 14.0. The fraction of sp³-hybridized carbons (Fsp3) is 0.588. The molecule has 0 heterocycles. The van der Waals surface area contributed by atoms with E-state index in [9.17, 15) is 4.79 Å². The average molecular weight is 291 g/mol. The van der Waals surface area contributed by atoms with Crippen molar-refractivity contribution in [2.75, 3.05) is 30.9 Å². The molecule has 0 saturated heterocycles. The molecule has 0 bridgehead atoms. The van der Waals surface area contributed by atoms with Gasteiger partial charge in [0.1, 0.15) is 0 Å². The summed E-state index contributed by atoms with van der Waals surface area (Å²) in [5.41, 5.74) is 1.84. The van der Waals surface area contributed by atoms with Crippen LogP contribution >= 0.6 is 0 Å². The molecule has 1 aromatic carbocycles. The lowest BCUT2D eigenvalue weighted by atomic mass is 9.99. The van der Waals surface area contributed by atoms with Crippen LogP contribution in [-0.2, 0) is 0 Å². The highest BCUT2D eigenvalue weighted by Crippen LogP contribution is 2.23. The maximum atomic E-state index is 12.0. The van der Waals surface area contributed by atoms with E-state index in [0.29, 0.717) is 5.92 Å². The quantitative estimate of drug-likeness (QED) is 0.757. The van der Waals surface area contributed by atoms with E-state index in [-0.39, 0.29) is 6.03 Å². The maximum absolute atomic E-state index is 12.0. The Hall–Kier alpha value is -1.71. The molecule has 1 unspecified atom stereocenters. The monoisotopic (exact) mass is 291 g/mol. The molecule has 0 spiro atoms. The Labute approximate surface area is 128 Å². The van der Waals surface area contributed by atoms with Gasteiger partial charge in [-0.25, -0.2) is 4.79 Å². The number of carbonyl (C=O) groups is 1. The number of para-hydroxylation sites is 2. The Morgan fingerprint density at radius 1 is 1.24 bits per heavy atom. The van der Waals surface area contributed by atoms with Gasteiger partial charge in [-0.3, -0.25) is 0 Å². The van der Waals surface area contributed by atoms with Gasteiger partial charge in [0.2, 0.25) is 0 Å². The Bertz CT molecular complexity index is 432. The molecule has 0 aromatic heterocycles. The lowest BCUT2D eigenvalue weighted by molar-refractivity contribution is 0.249. The Morgan fingerprint density at radius 3 is 2.57 bits per heavy atom. The molecular weight excluding hydrogens is 262 g/mol. The standard InChI is InChI=1S/C17H29N3O/c1-5-7-10-14(6-2)13-18-17(21)19-15-11-8-9-12-16(15)20(3)4/h8-9,11-12,14H,5-7,10,13H2,1-4H3,(H2,18,19,21). The summed E-state index contributed by atoms with van der Waals surface area (Å²) in [5.74, 6) is 0.569. The van der Waals surface area contributed by atoms with E-state index in [1.807, 2.05) is 43.3 Å². The third kappa shape index (κ3) is 6.06. The van der Waals surface area contributed by atoms with E-state index < -0.39 is 0 Å². The second-order valence-corrected chi connectivity index (χ2v) is 5.66. The molecule has 1 rings (SSSR count). The van der Waals surface area contributed by atoms with Crippen molar-refractivity contribution in [2.45, 2.75) is 39.5 Å². The van der Waals surface area contributed by atoms with E-state index in [1.165, 1.54) is 19.3 Å². The van der Waals surface area contributed by atoms with Gasteiger partial charge >= 0.3 is 6.03 Å². The molecule has 0 saturated carbocycles. The lowest BCUT2D eigenvalue weighted by Crippen LogP contribution is -2.33. The Balaban J connectivity index is 2.50. The van der Waals surface area contributed by atoms with E-state index >= 15 is 0 Å². The van der Waals surface area contributed by atoms with Crippen LogP contribution in [0.4, 0.5) is 16.2 Å². The lowest BCUT2D eigenvalue weighted by Gasteiger charge is -2.19. The second kappa shape index (κ2) is 9.27. The molecule has 2 N–H and O–H groups in total. The van der Waals surface area contributed by atoms with Gasteiger partial charge in [0.25, 0.3) is 0 Å². The first-order valence-corrected chi connectivity index (χ1v) is 7.89. The number of amides is 2. The highest BCUT2D eigenvalue weighted by atomic mass is 16.2. The zero-order chi connectivity index (χ0) is 15.7. The summed E-state index contributed by atoms with van der Waals surface area (Å²) in [6, 6.07) is 7.68. The van der Waals surface area contributed by atoms with E-state index in [2.05, 4.69) is 24.5 Å². The number of unbranched alkanes of at least 4 members (excludes halogenated alkanes) is 1. The van der Waals surface area contributed by atoms with Crippen molar-refractivity contribution in [2.24, 2.45) is 5.92 Å². The molecule has 0 radical (unpaired) electrons. The van der Waals surface area contributed by atoms with Crippen molar-refractivity contribution < 1.29 is 4.79 Å². The van der Waals surface area contributed by atoms with Crippen LogP contribution in [0.15, 0.2) is 24.3 Å². The van der Waals surface area contributed by atoms with Gasteiger partial charge in [0.15, 0.2) is 0 Å².